The van der Waals surface area contributed by atoms with Crippen molar-refractivity contribution in [1.29, 1.82) is 0 Å². The van der Waals surface area contributed by atoms with Gasteiger partial charge in [0.25, 0.3) is 0 Å². The Morgan fingerprint density at radius 2 is 2.54 bits per heavy atom. The molecule has 2 rings (SSSR count). The molecule has 0 spiro atoms. The fourth-order valence-electron chi connectivity index (χ4n) is 1.92. The van der Waals surface area contributed by atoms with E-state index in [4.69, 9.17) is 11.6 Å². The highest BCUT2D eigenvalue weighted by Gasteiger charge is 2.18. The van der Waals surface area contributed by atoms with E-state index in [1.807, 2.05) is 6.92 Å². The van der Waals surface area contributed by atoms with Gasteiger partial charge < -0.3 is 9.88 Å². The molecular formula is C9H14ClN3. The van der Waals surface area contributed by atoms with Gasteiger partial charge in [0.15, 0.2) is 0 Å². The molecule has 1 unspecified atom stereocenters. The number of nitrogens with one attached hydrogen (secondary N) is 1. The number of aryl methyl sites for hydroxylation is 1. The molecule has 13 heavy (non-hydrogen) atoms. The number of hydrogen-bond donors (Lipinski definition) is 1. The van der Waals surface area contributed by atoms with Crippen LogP contribution in [-0.2, 0) is 0 Å². The Labute approximate surface area is 83.1 Å². The second kappa shape index (κ2) is 3.68. The number of halogens is 1. The Morgan fingerprint density at radius 3 is 3.08 bits per heavy atom. The second-order valence-corrected chi connectivity index (χ2v) is 3.89. The van der Waals surface area contributed by atoms with Crippen LogP contribution in [0.2, 0.25) is 5.15 Å². The normalized spacial score (nSPS) is 23.4. The minimum absolute atomic E-state index is 0.490. The maximum atomic E-state index is 6.05. The lowest BCUT2D eigenvalue weighted by atomic mass is 10.1. The summed E-state index contributed by atoms with van der Waals surface area (Å²) in [5, 5.41) is 4.13. The Morgan fingerprint density at radius 1 is 1.69 bits per heavy atom. The summed E-state index contributed by atoms with van der Waals surface area (Å²) in [6.45, 7) is 4.14. The van der Waals surface area contributed by atoms with Gasteiger partial charge in [0, 0.05) is 12.6 Å². The maximum Gasteiger partial charge on any atom is 0.129 e. The van der Waals surface area contributed by atoms with E-state index in [1.54, 1.807) is 6.20 Å². The maximum absolute atomic E-state index is 6.05. The SMILES string of the molecule is Cc1ncc(Cl)n1C1CCCNC1. The summed E-state index contributed by atoms with van der Waals surface area (Å²) in [6.07, 6.45) is 4.15. The van der Waals surface area contributed by atoms with Crippen molar-refractivity contribution < 1.29 is 0 Å². The van der Waals surface area contributed by atoms with Gasteiger partial charge in [-0.1, -0.05) is 11.6 Å². The minimum Gasteiger partial charge on any atom is -0.315 e. The third-order valence-corrected chi connectivity index (χ3v) is 2.85. The van der Waals surface area contributed by atoms with Crippen molar-refractivity contribution in [2.75, 3.05) is 13.1 Å². The Bertz CT molecular complexity index is 270. The molecule has 1 atom stereocenters. The van der Waals surface area contributed by atoms with E-state index < -0.39 is 0 Å². The molecule has 0 aromatic carbocycles. The van der Waals surface area contributed by atoms with Crippen LogP contribution in [0.1, 0.15) is 24.7 Å². The minimum atomic E-state index is 0.490. The molecular weight excluding hydrogens is 186 g/mol. The quantitative estimate of drug-likeness (QED) is 0.747. The summed E-state index contributed by atoms with van der Waals surface area (Å²) in [4.78, 5) is 4.19. The van der Waals surface area contributed by atoms with E-state index in [9.17, 15) is 0 Å². The fourth-order valence-corrected chi connectivity index (χ4v) is 2.23. The molecule has 0 aliphatic carbocycles. The number of nitrogens with zero attached hydrogens (tertiary/aromatic N) is 2. The van der Waals surface area contributed by atoms with Gasteiger partial charge in [-0.3, -0.25) is 0 Å². The van der Waals surface area contributed by atoms with Crippen molar-refractivity contribution in [2.45, 2.75) is 25.8 Å². The summed E-state index contributed by atoms with van der Waals surface area (Å²) >= 11 is 6.05. The van der Waals surface area contributed by atoms with E-state index in [0.29, 0.717) is 6.04 Å². The van der Waals surface area contributed by atoms with Crippen LogP contribution >= 0.6 is 11.6 Å². The van der Waals surface area contributed by atoms with Gasteiger partial charge in [0.2, 0.25) is 0 Å². The lowest BCUT2D eigenvalue weighted by molar-refractivity contribution is 0.367. The van der Waals surface area contributed by atoms with Gasteiger partial charge in [-0.15, -0.1) is 0 Å². The first-order valence-corrected chi connectivity index (χ1v) is 5.07. The smallest absolute Gasteiger partial charge is 0.129 e. The van der Waals surface area contributed by atoms with Crippen LogP contribution in [0.15, 0.2) is 6.20 Å². The highest BCUT2D eigenvalue weighted by molar-refractivity contribution is 6.29. The number of piperidine rings is 1. The molecule has 1 saturated heterocycles. The Balaban J connectivity index is 2.22. The van der Waals surface area contributed by atoms with E-state index >= 15 is 0 Å². The molecule has 0 saturated carbocycles. The molecule has 1 N–H and O–H groups in total. The van der Waals surface area contributed by atoms with Crippen LogP contribution in [0.5, 0.6) is 0 Å². The number of hydrogen-bond acceptors (Lipinski definition) is 2. The van der Waals surface area contributed by atoms with Crippen LogP contribution in [-0.4, -0.2) is 22.6 Å². The first-order valence-electron chi connectivity index (χ1n) is 4.69. The average molecular weight is 200 g/mol. The van der Waals surface area contributed by atoms with Crippen molar-refractivity contribution in [3.05, 3.63) is 17.2 Å². The standard InChI is InChI=1S/C9H14ClN3/c1-7-12-6-9(10)13(7)8-3-2-4-11-5-8/h6,8,11H,2-5H2,1H3. The zero-order chi connectivity index (χ0) is 9.26. The van der Waals surface area contributed by atoms with Gasteiger partial charge in [-0.2, -0.15) is 0 Å². The zero-order valence-electron chi connectivity index (χ0n) is 7.76. The molecule has 4 heteroatoms. The number of aromatic nitrogens is 2. The average Bonchev–Trinajstić information content (AvgIpc) is 2.48. The Hall–Kier alpha value is -0.540. The summed E-state index contributed by atoms with van der Waals surface area (Å²) in [5.41, 5.74) is 0. The summed E-state index contributed by atoms with van der Waals surface area (Å²) in [6, 6.07) is 0.490. The summed E-state index contributed by atoms with van der Waals surface area (Å²) in [7, 11) is 0. The lowest BCUT2D eigenvalue weighted by Gasteiger charge is -2.25. The highest BCUT2D eigenvalue weighted by Crippen LogP contribution is 2.23. The van der Waals surface area contributed by atoms with Crippen LogP contribution < -0.4 is 5.32 Å². The molecule has 0 radical (unpaired) electrons. The number of imidazole rings is 1. The number of rotatable bonds is 1. The molecule has 1 aliphatic rings. The predicted molar refractivity (Wildman–Crippen MR) is 53.1 cm³/mol. The zero-order valence-corrected chi connectivity index (χ0v) is 8.51. The van der Waals surface area contributed by atoms with Gasteiger partial charge in [-0.25, -0.2) is 4.98 Å². The van der Waals surface area contributed by atoms with E-state index in [-0.39, 0.29) is 0 Å². The summed E-state index contributed by atoms with van der Waals surface area (Å²) < 4.78 is 2.12. The van der Waals surface area contributed by atoms with Crippen molar-refractivity contribution >= 4 is 11.6 Å². The van der Waals surface area contributed by atoms with Crippen LogP contribution in [0, 0.1) is 6.92 Å². The van der Waals surface area contributed by atoms with Gasteiger partial charge in [0.05, 0.1) is 6.20 Å². The Kier molecular flexibility index (Phi) is 2.56. The highest BCUT2D eigenvalue weighted by atomic mass is 35.5. The first kappa shape index (κ1) is 9.03. The molecule has 1 aromatic heterocycles. The van der Waals surface area contributed by atoms with Gasteiger partial charge in [-0.05, 0) is 26.3 Å². The molecule has 2 heterocycles. The third-order valence-electron chi connectivity index (χ3n) is 2.57. The van der Waals surface area contributed by atoms with Crippen molar-refractivity contribution in [2.24, 2.45) is 0 Å². The van der Waals surface area contributed by atoms with Crippen molar-refractivity contribution in [1.82, 2.24) is 14.9 Å². The second-order valence-electron chi connectivity index (χ2n) is 3.50. The van der Waals surface area contributed by atoms with Crippen molar-refractivity contribution in [3.8, 4) is 0 Å². The van der Waals surface area contributed by atoms with Crippen LogP contribution in [0.4, 0.5) is 0 Å². The molecule has 1 aliphatic heterocycles. The fraction of sp³-hybridized carbons (Fsp3) is 0.667. The van der Waals surface area contributed by atoms with E-state index in [0.717, 1.165) is 24.1 Å². The van der Waals surface area contributed by atoms with Gasteiger partial charge in [0.1, 0.15) is 11.0 Å². The predicted octanol–water partition coefficient (Wildman–Crippen LogP) is 1.77. The third kappa shape index (κ3) is 1.71. The van der Waals surface area contributed by atoms with Crippen LogP contribution in [0.25, 0.3) is 0 Å². The molecule has 3 nitrogen and oxygen atoms in total. The first-order chi connectivity index (χ1) is 6.29. The molecule has 1 fully saturated rings. The van der Waals surface area contributed by atoms with E-state index in [2.05, 4.69) is 14.9 Å². The largest absolute Gasteiger partial charge is 0.315 e. The molecule has 1 aromatic rings. The molecule has 0 amide bonds. The monoisotopic (exact) mass is 199 g/mol. The van der Waals surface area contributed by atoms with Gasteiger partial charge >= 0.3 is 0 Å². The topological polar surface area (TPSA) is 29.9 Å². The lowest BCUT2D eigenvalue weighted by Crippen LogP contribution is -2.32. The van der Waals surface area contributed by atoms with Crippen LogP contribution in [0.3, 0.4) is 0 Å². The summed E-state index contributed by atoms with van der Waals surface area (Å²) in [5.74, 6) is 1.01. The van der Waals surface area contributed by atoms with E-state index in [1.165, 1.54) is 12.8 Å². The molecule has 0 bridgehead atoms. The molecule has 72 valence electrons. The van der Waals surface area contributed by atoms with Crippen molar-refractivity contribution in [3.63, 3.8) is 0 Å².